The lowest BCUT2D eigenvalue weighted by Gasteiger charge is -2.34. The van der Waals surface area contributed by atoms with Gasteiger partial charge in [-0.25, -0.2) is 4.98 Å². The van der Waals surface area contributed by atoms with Crippen LogP contribution in [0, 0.1) is 6.92 Å². The molecule has 0 spiro atoms. The fourth-order valence-corrected chi connectivity index (χ4v) is 4.82. The number of hydrogen-bond acceptors (Lipinski definition) is 6. The number of benzene rings is 2. The topological polar surface area (TPSA) is 37.8 Å². The van der Waals surface area contributed by atoms with Crippen molar-refractivity contribution in [1.82, 2.24) is 9.88 Å². The predicted molar refractivity (Wildman–Crippen MR) is 116 cm³/mol. The van der Waals surface area contributed by atoms with Crippen LogP contribution in [-0.4, -0.2) is 50.0 Å². The summed E-state index contributed by atoms with van der Waals surface area (Å²) in [7, 11) is 1.65. The van der Waals surface area contributed by atoms with Crippen LogP contribution in [0.2, 0.25) is 5.02 Å². The van der Waals surface area contributed by atoms with E-state index < -0.39 is 0 Å². The first-order chi connectivity index (χ1) is 13.6. The lowest BCUT2D eigenvalue weighted by atomic mass is 10.1. The lowest BCUT2D eigenvalue weighted by molar-refractivity contribution is 0.0492. The van der Waals surface area contributed by atoms with E-state index in [-0.39, 0.29) is 6.79 Å². The van der Waals surface area contributed by atoms with E-state index in [2.05, 4.69) is 34.9 Å². The van der Waals surface area contributed by atoms with Crippen molar-refractivity contribution >= 4 is 38.3 Å². The van der Waals surface area contributed by atoms with E-state index >= 15 is 0 Å². The first-order valence-corrected chi connectivity index (χ1v) is 10.6. The van der Waals surface area contributed by atoms with Crippen molar-refractivity contribution in [1.29, 1.82) is 0 Å². The maximum atomic E-state index is 6.11. The summed E-state index contributed by atoms with van der Waals surface area (Å²) in [5.41, 5.74) is 3.37. The van der Waals surface area contributed by atoms with Gasteiger partial charge in [-0.1, -0.05) is 41.1 Å². The molecule has 4 rings (SSSR count). The number of aryl methyl sites for hydroxylation is 1. The van der Waals surface area contributed by atoms with Gasteiger partial charge in [0.2, 0.25) is 0 Å². The molecule has 7 heteroatoms. The third kappa shape index (κ3) is 4.25. The van der Waals surface area contributed by atoms with Gasteiger partial charge in [0.25, 0.3) is 0 Å². The predicted octanol–water partition coefficient (Wildman–Crippen LogP) is 4.56. The summed E-state index contributed by atoms with van der Waals surface area (Å²) >= 11 is 7.82. The summed E-state index contributed by atoms with van der Waals surface area (Å²) in [4.78, 5) is 9.62. The molecule has 1 aromatic heterocycles. The molecule has 5 nitrogen and oxygen atoms in total. The molecule has 1 saturated heterocycles. The van der Waals surface area contributed by atoms with E-state index in [1.807, 2.05) is 18.2 Å². The Kier molecular flexibility index (Phi) is 6.01. The minimum atomic E-state index is 0.271. The molecule has 28 heavy (non-hydrogen) atoms. The van der Waals surface area contributed by atoms with E-state index in [0.717, 1.165) is 64.4 Å². The minimum absolute atomic E-state index is 0.271. The van der Waals surface area contributed by atoms with Crippen molar-refractivity contribution in [3.05, 3.63) is 52.5 Å². The second-order valence-corrected chi connectivity index (χ2v) is 8.43. The number of ether oxygens (including phenoxy) is 2. The smallest absolute Gasteiger partial charge is 0.188 e. The van der Waals surface area contributed by atoms with E-state index in [9.17, 15) is 0 Å². The summed E-state index contributed by atoms with van der Waals surface area (Å²) in [5.74, 6) is 0.940. The second kappa shape index (κ2) is 8.66. The van der Waals surface area contributed by atoms with Gasteiger partial charge in [0.05, 0.1) is 10.2 Å². The van der Waals surface area contributed by atoms with Gasteiger partial charge in [-0.05, 0) is 30.7 Å². The van der Waals surface area contributed by atoms with Crippen LogP contribution in [0.5, 0.6) is 5.75 Å². The molecule has 0 atom stereocenters. The van der Waals surface area contributed by atoms with Gasteiger partial charge in [-0.15, -0.1) is 0 Å². The Labute approximate surface area is 174 Å². The van der Waals surface area contributed by atoms with Crippen molar-refractivity contribution < 1.29 is 9.47 Å². The Morgan fingerprint density at radius 3 is 2.75 bits per heavy atom. The Morgan fingerprint density at radius 2 is 1.96 bits per heavy atom. The van der Waals surface area contributed by atoms with Crippen LogP contribution in [0.1, 0.15) is 11.1 Å². The molecular formula is C21H24ClN3O2S. The summed E-state index contributed by atoms with van der Waals surface area (Å²) in [6, 6.07) is 12.2. The number of aromatic nitrogens is 1. The van der Waals surface area contributed by atoms with Gasteiger partial charge in [0, 0.05) is 50.4 Å². The maximum absolute atomic E-state index is 6.11. The Balaban J connectivity index is 1.41. The van der Waals surface area contributed by atoms with Crippen LogP contribution < -0.4 is 9.64 Å². The van der Waals surface area contributed by atoms with Crippen LogP contribution in [-0.2, 0) is 11.3 Å². The largest absolute Gasteiger partial charge is 0.467 e. The highest BCUT2D eigenvalue weighted by Crippen LogP contribution is 2.31. The van der Waals surface area contributed by atoms with Gasteiger partial charge >= 0.3 is 0 Å². The van der Waals surface area contributed by atoms with Crippen molar-refractivity contribution in [3.63, 3.8) is 0 Å². The number of halogens is 1. The molecule has 0 aliphatic carbocycles. The van der Waals surface area contributed by atoms with Crippen LogP contribution in [0.4, 0.5) is 5.13 Å². The maximum Gasteiger partial charge on any atom is 0.188 e. The van der Waals surface area contributed by atoms with Crippen LogP contribution in [0.3, 0.4) is 0 Å². The minimum Gasteiger partial charge on any atom is -0.467 e. The molecule has 148 valence electrons. The fraction of sp³-hybridized carbons (Fsp3) is 0.381. The van der Waals surface area contributed by atoms with Crippen LogP contribution >= 0.6 is 22.9 Å². The zero-order valence-electron chi connectivity index (χ0n) is 16.2. The lowest BCUT2D eigenvalue weighted by Crippen LogP contribution is -2.46. The monoisotopic (exact) mass is 417 g/mol. The quantitative estimate of drug-likeness (QED) is 0.549. The van der Waals surface area contributed by atoms with Gasteiger partial charge in [-0.3, -0.25) is 4.90 Å². The molecule has 2 heterocycles. The number of fused-ring (bicyclic) bond motifs is 1. The molecule has 1 aliphatic rings. The summed E-state index contributed by atoms with van der Waals surface area (Å²) in [6.07, 6.45) is 0. The van der Waals surface area contributed by atoms with Crippen molar-refractivity contribution in [2.24, 2.45) is 0 Å². The van der Waals surface area contributed by atoms with Crippen molar-refractivity contribution in [2.45, 2.75) is 13.5 Å². The summed E-state index contributed by atoms with van der Waals surface area (Å²) in [6.45, 7) is 7.15. The van der Waals surface area contributed by atoms with Crippen LogP contribution in [0.15, 0.2) is 36.4 Å². The number of piperazine rings is 1. The van der Waals surface area contributed by atoms with Crippen LogP contribution in [0.25, 0.3) is 10.2 Å². The van der Waals surface area contributed by atoms with Crippen molar-refractivity contribution in [3.8, 4) is 5.75 Å². The first-order valence-electron chi connectivity index (χ1n) is 9.37. The van der Waals surface area contributed by atoms with Gasteiger partial charge in [0.1, 0.15) is 5.75 Å². The fourth-order valence-electron chi connectivity index (χ4n) is 3.52. The molecule has 0 unspecified atom stereocenters. The number of anilines is 1. The molecule has 0 bridgehead atoms. The second-order valence-electron chi connectivity index (χ2n) is 6.99. The summed E-state index contributed by atoms with van der Waals surface area (Å²) in [5, 5.41) is 1.84. The highest BCUT2D eigenvalue weighted by atomic mass is 35.5. The number of hydrogen-bond donors (Lipinski definition) is 0. The van der Waals surface area contributed by atoms with E-state index in [4.69, 9.17) is 26.1 Å². The van der Waals surface area contributed by atoms with Gasteiger partial charge < -0.3 is 14.4 Å². The first kappa shape index (κ1) is 19.5. The number of thiazole rings is 1. The average Bonchev–Trinajstić information content (AvgIpc) is 3.11. The Hall–Kier alpha value is -1.86. The highest BCUT2D eigenvalue weighted by molar-refractivity contribution is 7.22. The molecule has 3 aromatic rings. The molecule has 0 radical (unpaired) electrons. The third-order valence-corrected chi connectivity index (χ3v) is 6.30. The van der Waals surface area contributed by atoms with E-state index in [1.165, 1.54) is 5.56 Å². The normalized spacial score (nSPS) is 15.3. The number of para-hydroxylation sites is 1. The molecule has 1 aliphatic heterocycles. The molecule has 0 amide bonds. The Morgan fingerprint density at radius 1 is 1.14 bits per heavy atom. The standard InChI is InChI=1S/C21H24ClN3O2S/c1-15-4-3-5-16(20(15)27-14-26-2)13-24-8-10-25(11-9-24)21-23-18-7-6-17(22)12-19(18)28-21/h3-7,12H,8-11,13-14H2,1-2H3. The zero-order chi connectivity index (χ0) is 19.5. The SMILES string of the molecule is COCOc1c(C)cccc1CN1CCN(c2nc3ccc(Cl)cc3s2)CC1. The number of methoxy groups -OCH3 is 1. The molecule has 0 N–H and O–H groups in total. The van der Waals surface area contributed by atoms with E-state index in [0.29, 0.717) is 0 Å². The Bertz CT molecular complexity index is 954. The third-order valence-electron chi connectivity index (χ3n) is 4.99. The average molecular weight is 418 g/mol. The number of nitrogens with zero attached hydrogens (tertiary/aromatic N) is 3. The van der Waals surface area contributed by atoms with Gasteiger partial charge in [0.15, 0.2) is 11.9 Å². The molecular weight excluding hydrogens is 394 g/mol. The van der Waals surface area contributed by atoms with E-state index in [1.54, 1.807) is 18.4 Å². The van der Waals surface area contributed by atoms with Crippen molar-refractivity contribution in [2.75, 3.05) is 45.0 Å². The number of rotatable bonds is 6. The summed E-state index contributed by atoms with van der Waals surface area (Å²) < 4.78 is 12.0. The van der Waals surface area contributed by atoms with Gasteiger partial charge in [-0.2, -0.15) is 0 Å². The molecule has 2 aromatic carbocycles. The molecule has 0 saturated carbocycles. The highest BCUT2D eigenvalue weighted by Gasteiger charge is 2.21. The zero-order valence-corrected chi connectivity index (χ0v) is 17.7. The molecule has 1 fully saturated rings.